The Bertz CT molecular complexity index is 642. The van der Waals surface area contributed by atoms with E-state index in [0.717, 1.165) is 0 Å². The second-order valence-electron chi connectivity index (χ2n) is 4.91. The molecule has 1 heterocycles. The second-order valence-corrected chi connectivity index (χ2v) is 6.67. The molecule has 0 unspecified atom stereocenters. The average molecular weight is 341 g/mol. The standard InChI is InChI=1S/C14H19N3O5S/c18-13(15-11-14(19)17-6-8-22-9-7-17)10-16-23(20,21)12-4-2-1-3-5-12/h1-5,16H,6-11H2,(H,15,18). The number of rotatable bonds is 6. The lowest BCUT2D eigenvalue weighted by atomic mass is 10.4. The van der Waals surface area contributed by atoms with Gasteiger partial charge in [0.1, 0.15) is 0 Å². The molecule has 0 bridgehead atoms. The number of amides is 2. The topological polar surface area (TPSA) is 105 Å². The van der Waals surface area contributed by atoms with E-state index < -0.39 is 22.5 Å². The zero-order valence-electron chi connectivity index (χ0n) is 12.5. The largest absolute Gasteiger partial charge is 0.378 e. The summed E-state index contributed by atoms with van der Waals surface area (Å²) in [6.07, 6.45) is 0. The number of morpholine rings is 1. The van der Waals surface area contributed by atoms with Gasteiger partial charge in [0, 0.05) is 13.1 Å². The second kappa shape index (κ2) is 8.04. The molecule has 126 valence electrons. The van der Waals surface area contributed by atoms with Crippen molar-refractivity contribution in [2.24, 2.45) is 0 Å². The Labute approximate surface area is 134 Å². The molecule has 0 saturated carbocycles. The zero-order valence-corrected chi connectivity index (χ0v) is 13.3. The van der Waals surface area contributed by atoms with Gasteiger partial charge in [0.2, 0.25) is 21.8 Å². The van der Waals surface area contributed by atoms with E-state index in [1.54, 1.807) is 23.1 Å². The van der Waals surface area contributed by atoms with E-state index in [1.807, 2.05) is 0 Å². The number of carbonyl (C=O) groups excluding carboxylic acids is 2. The monoisotopic (exact) mass is 341 g/mol. The highest BCUT2D eigenvalue weighted by molar-refractivity contribution is 7.89. The van der Waals surface area contributed by atoms with Crippen molar-refractivity contribution < 1.29 is 22.7 Å². The van der Waals surface area contributed by atoms with Gasteiger partial charge in [0.05, 0.1) is 31.2 Å². The minimum absolute atomic E-state index is 0.0807. The van der Waals surface area contributed by atoms with Crippen LogP contribution in [0.15, 0.2) is 35.2 Å². The first-order valence-electron chi connectivity index (χ1n) is 7.16. The van der Waals surface area contributed by atoms with E-state index in [4.69, 9.17) is 4.74 Å². The fraction of sp³-hybridized carbons (Fsp3) is 0.429. The summed E-state index contributed by atoms with van der Waals surface area (Å²) < 4.78 is 31.2. The summed E-state index contributed by atoms with van der Waals surface area (Å²) >= 11 is 0. The number of sulfonamides is 1. The Kier molecular flexibility index (Phi) is 6.08. The molecule has 2 N–H and O–H groups in total. The quantitative estimate of drug-likeness (QED) is 0.686. The summed E-state index contributed by atoms with van der Waals surface area (Å²) in [5.41, 5.74) is 0. The Hall–Kier alpha value is -1.97. The van der Waals surface area contributed by atoms with E-state index in [-0.39, 0.29) is 17.3 Å². The van der Waals surface area contributed by atoms with Crippen LogP contribution in [0.4, 0.5) is 0 Å². The summed E-state index contributed by atoms with van der Waals surface area (Å²) in [7, 11) is -3.74. The third-order valence-electron chi connectivity index (χ3n) is 3.28. The summed E-state index contributed by atoms with van der Waals surface area (Å²) in [5, 5.41) is 2.41. The van der Waals surface area contributed by atoms with Crippen LogP contribution in [0.5, 0.6) is 0 Å². The van der Waals surface area contributed by atoms with Crippen LogP contribution in [0.25, 0.3) is 0 Å². The molecule has 0 atom stereocenters. The molecule has 1 aliphatic rings. The third kappa shape index (κ3) is 5.31. The molecule has 2 amide bonds. The van der Waals surface area contributed by atoms with Crippen molar-refractivity contribution in [1.29, 1.82) is 0 Å². The van der Waals surface area contributed by atoms with Crippen molar-refractivity contribution in [3.63, 3.8) is 0 Å². The first-order valence-corrected chi connectivity index (χ1v) is 8.64. The molecule has 1 aliphatic heterocycles. The van der Waals surface area contributed by atoms with Gasteiger partial charge in [-0.1, -0.05) is 18.2 Å². The number of carbonyl (C=O) groups is 2. The molecule has 2 rings (SSSR count). The predicted octanol–water partition coefficient (Wildman–Crippen LogP) is -1.06. The van der Waals surface area contributed by atoms with E-state index >= 15 is 0 Å². The van der Waals surface area contributed by atoms with Gasteiger partial charge in [-0.05, 0) is 12.1 Å². The molecule has 0 aromatic heterocycles. The van der Waals surface area contributed by atoms with E-state index in [9.17, 15) is 18.0 Å². The van der Waals surface area contributed by atoms with Crippen molar-refractivity contribution in [1.82, 2.24) is 14.9 Å². The lowest BCUT2D eigenvalue weighted by Gasteiger charge is -2.26. The molecule has 1 saturated heterocycles. The molecule has 8 nitrogen and oxygen atoms in total. The molecule has 0 aliphatic carbocycles. The van der Waals surface area contributed by atoms with Gasteiger partial charge in [-0.3, -0.25) is 9.59 Å². The van der Waals surface area contributed by atoms with Crippen molar-refractivity contribution in [3.8, 4) is 0 Å². The molecule has 1 aromatic carbocycles. The third-order valence-corrected chi connectivity index (χ3v) is 4.69. The van der Waals surface area contributed by atoms with Gasteiger partial charge in [-0.25, -0.2) is 13.1 Å². The first-order chi connectivity index (χ1) is 11.0. The number of benzene rings is 1. The smallest absolute Gasteiger partial charge is 0.242 e. The lowest BCUT2D eigenvalue weighted by molar-refractivity contribution is -0.136. The Morgan fingerprint density at radius 1 is 1.09 bits per heavy atom. The van der Waals surface area contributed by atoms with Gasteiger partial charge >= 0.3 is 0 Å². The van der Waals surface area contributed by atoms with Gasteiger partial charge in [0.25, 0.3) is 0 Å². The average Bonchev–Trinajstić information content (AvgIpc) is 2.59. The van der Waals surface area contributed by atoms with Gasteiger partial charge in [0.15, 0.2) is 0 Å². The van der Waals surface area contributed by atoms with Crippen LogP contribution in [-0.4, -0.2) is 64.5 Å². The first kappa shape index (κ1) is 17.4. The number of nitrogens with one attached hydrogen (secondary N) is 2. The highest BCUT2D eigenvalue weighted by atomic mass is 32.2. The van der Waals surface area contributed by atoms with Crippen molar-refractivity contribution in [2.75, 3.05) is 39.4 Å². The maximum Gasteiger partial charge on any atom is 0.242 e. The Balaban J connectivity index is 1.75. The van der Waals surface area contributed by atoms with Crippen LogP contribution in [-0.2, 0) is 24.3 Å². The van der Waals surface area contributed by atoms with Crippen LogP contribution in [0.1, 0.15) is 0 Å². The van der Waals surface area contributed by atoms with E-state index in [2.05, 4.69) is 10.0 Å². The van der Waals surface area contributed by atoms with Gasteiger partial charge in [-0.2, -0.15) is 0 Å². The maximum atomic E-state index is 11.9. The molecule has 1 fully saturated rings. The van der Waals surface area contributed by atoms with Crippen LogP contribution in [0.2, 0.25) is 0 Å². The highest BCUT2D eigenvalue weighted by Crippen LogP contribution is 2.06. The number of hydrogen-bond donors (Lipinski definition) is 2. The number of ether oxygens (including phenoxy) is 1. The molecule has 0 radical (unpaired) electrons. The predicted molar refractivity (Wildman–Crippen MR) is 82.0 cm³/mol. The SMILES string of the molecule is O=C(CNS(=O)(=O)c1ccccc1)NCC(=O)N1CCOCC1. The van der Waals surface area contributed by atoms with Crippen molar-refractivity contribution >= 4 is 21.8 Å². The molecular weight excluding hydrogens is 322 g/mol. The molecule has 23 heavy (non-hydrogen) atoms. The summed E-state index contributed by atoms with van der Waals surface area (Å²) in [6, 6.07) is 7.75. The van der Waals surface area contributed by atoms with Crippen LogP contribution in [0.3, 0.4) is 0 Å². The Morgan fingerprint density at radius 3 is 2.39 bits per heavy atom. The van der Waals surface area contributed by atoms with Gasteiger partial charge in [-0.15, -0.1) is 0 Å². The fourth-order valence-electron chi connectivity index (χ4n) is 2.00. The van der Waals surface area contributed by atoms with Crippen LogP contribution >= 0.6 is 0 Å². The normalized spacial score (nSPS) is 15.2. The molecule has 0 spiro atoms. The summed E-state index contributed by atoms with van der Waals surface area (Å²) in [5.74, 6) is -0.779. The van der Waals surface area contributed by atoms with E-state index in [0.29, 0.717) is 26.3 Å². The summed E-state index contributed by atoms with van der Waals surface area (Å²) in [4.78, 5) is 25.2. The molecule has 9 heteroatoms. The van der Waals surface area contributed by atoms with Gasteiger partial charge < -0.3 is 15.0 Å². The lowest BCUT2D eigenvalue weighted by Crippen LogP contribution is -2.47. The van der Waals surface area contributed by atoms with E-state index in [1.165, 1.54) is 12.1 Å². The van der Waals surface area contributed by atoms with Crippen molar-refractivity contribution in [3.05, 3.63) is 30.3 Å². The van der Waals surface area contributed by atoms with Crippen LogP contribution in [0, 0.1) is 0 Å². The van der Waals surface area contributed by atoms with Crippen LogP contribution < -0.4 is 10.0 Å². The number of hydrogen-bond acceptors (Lipinski definition) is 5. The highest BCUT2D eigenvalue weighted by Gasteiger charge is 2.18. The summed E-state index contributed by atoms with van der Waals surface area (Å²) in [6.45, 7) is 1.37. The van der Waals surface area contributed by atoms with Crippen molar-refractivity contribution in [2.45, 2.75) is 4.90 Å². The zero-order chi connectivity index (χ0) is 16.7. The number of nitrogens with zero attached hydrogens (tertiary/aromatic N) is 1. The molecular formula is C14H19N3O5S. The fourth-order valence-corrected chi connectivity index (χ4v) is 3.01. The Morgan fingerprint density at radius 2 is 1.74 bits per heavy atom. The molecule has 1 aromatic rings. The minimum Gasteiger partial charge on any atom is -0.378 e. The minimum atomic E-state index is -3.74. The maximum absolute atomic E-state index is 11.9.